The van der Waals surface area contributed by atoms with E-state index >= 15 is 0 Å². The van der Waals surface area contributed by atoms with Crippen molar-refractivity contribution < 1.29 is 19.0 Å². The highest BCUT2D eigenvalue weighted by Crippen LogP contribution is 2.17. The topological polar surface area (TPSA) is 62.6 Å². The van der Waals surface area contributed by atoms with E-state index in [2.05, 4.69) is 5.10 Å². The van der Waals surface area contributed by atoms with E-state index in [1.54, 1.807) is 4.68 Å². The molecule has 3 rings (SSSR count). The van der Waals surface area contributed by atoms with Crippen LogP contribution in [0.4, 0.5) is 0 Å². The third kappa shape index (κ3) is 5.60. The molecule has 1 heterocycles. The van der Waals surface area contributed by atoms with Crippen LogP contribution in [0.1, 0.15) is 19.0 Å². The van der Waals surface area contributed by atoms with Crippen molar-refractivity contribution in [1.82, 2.24) is 9.78 Å². The quantitative estimate of drug-likeness (QED) is 0.539. The third-order valence-corrected chi connectivity index (χ3v) is 3.76. The van der Waals surface area contributed by atoms with E-state index in [4.69, 9.17) is 14.2 Å². The smallest absolute Gasteiger partial charge is 0.309 e. The summed E-state index contributed by atoms with van der Waals surface area (Å²) >= 11 is 0. The molecule has 0 atom stereocenters. The molecule has 0 saturated carbocycles. The minimum Gasteiger partial charge on any atom is -0.494 e. The van der Waals surface area contributed by atoms with E-state index in [1.165, 1.54) is 0 Å². The van der Waals surface area contributed by atoms with Crippen molar-refractivity contribution in [3.63, 3.8) is 0 Å². The third-order valence-electron chi connectivity index (χ3n) is 3.76. The second-order valence-corrected chi connectivity index (χ2v) is 5.75. The van der Waals surface area contributed by atoms with Crippen LogP contribution in [-0.4, -0.2) is 29.0 Å². The number of rotatable bonds is 9. The lowest BCUT2D eigenvalue weighted by atomic mass is 10.3. The number of carbonyl (C=O) groups excluding carboxylic acids is 1. The second-order valence-electron chi connectivity index (χ2n) is 5.75. The van der Waals surface area contributed by atoms with Crippen molar-refractivity contribution in [2.24, 2.45) is 0 Å². The van der Waals surface area contributed by atoms with E-state index in [1.807, 2.05) is 73.8 Å². The molecule has 0 unspecified atom stereocenters. The Hall–Kier alpha value is -3.28. The highest BCUT2D eigenvalue weighted by molar-refractivity contribution is 5.69. The van der Waals surface area contributed by atoms with Gasteiger partial charge in [-0.3, -0.25) is 4.79 Å². The summed E-state index contributed by atoms with van der Waals surface area (Å²) in [7, 11) is 0. The Labute approximate surface area is 158 Å². The molecule has 0 bridgehead atoms. The lowest BCUT2D eigenvalue weighted by Gasteiger charge is -2.07. The van der Waals surface area contributed by atoms with Gasteiger partial charge in [-0.2, -0.15) is 5.10 Å². The van der Waals surface area contributed by atoms with Crippen LogP contribution in [0.5, 0.6) is 11.5 Å². The normalized spacial score (nSPS) is 10.4. The van der Waals surface area contributed by atoms with Gasteiger partial charge in [0, 0.05) is 6.20 Å². The number of benzene rings is 2. The molecule has 0 aliphatic rings. The Balaban J connectivity index is 1.39. The molecule has 27 heavy (non-hydrogen) atoms. The second kappa shape index (κ2) is 9.43. The maximum Gasteiger partial charge on any atom is 0.309 e. The SMILES string of the molecule is CCOc1ccc(OCCC(=O)OCc2ccn(-c3ccccc3)n2)cc1. The summed E-state index contributed by atoms with van der Waals surface area (Å²) in [5, 5.41) is 4.40. The fraction of sp³-hybridized carbons (Fsp3) is 0.238. The van der Waals surface area contributed by atoms with Crippen LogP contribution in [0.15, 0.2) is 66.9 Å². The first-order valence-corrected chi connectivity index (χ1v) is 8.86. The number of hydrogen-bond donors (Lipinski definition) is 0. The molecule has 140 valence electrons. The summed E-state index contributed by atoms with van der Waals surface area (Å²) < 4.78 is 17.9. The summed E-state index contributed by atoms with van der Waals surface area (Å²) in [6, 6.07) is 18.9. The number of esters is 1. The zero-order valence-electron chi connectivity index (χ0n) is 15.2. The number of carbonyl (C=O) groups is 1. The molecule has 3 aromatic rings. The van der Waals surface area contributed by atoms with Gasteiger partial charge < -0.3 is 14.2 Å². The summed E-state index contributed by atoms with van der Waals surface area (Å²) in [5.41, 5.74) is 1.65. The Kier molecular flexibility index (Phi) is 6.46. The fourth-order valence-corrected chi connectivity index (χ4v) is 2.44. The van der Waals surface area contributed by atoms with Crippen molar-refractivity contribution in [3.05, 3.63) is 72.6 Å². The first-order valence-electron chi connectivity index (χ1n) is 8.86. The van der Waals surface area contributed by atoms with Crippen LogP contribution in [0.2, 0.25) is 0 Å². The van der Waals surface area contributed by atoms with Crippen LogP contribution in [0, 0.1) is 0 Å². The van der Waals surface area contributed by atoms with Gasteiger partial charge in [0.2, 0.25) is 0 Å². The largest absolute Gasteiger partial charge is 0.494 e. The first-order chi connectivity index (χ1) is 13.2. The van der Waals surface area contributed by atoms with Gasteiger partial charge in [-0.1, -0.05) is 18.2 Å². The molecule has 0 amide bonds. The number of nitrogens with zero attached hydrogens (tertiary/aromatic N) is 2. The number of aromatic nitrogens is 2. The van der Waals surface area contributed by atoms with Crippen LogP contribution in [0.3, 0.4) is 0 Å². The van der Waals surface area contributed by atoms with Crippen molar-refractivity contribution in [3.8, 4) is 17.2 Å². The van der Waals surface area contributed by atoms with Gasteiger partial charge in [0.15, 0.2) is 0 Å². The fourth-order valence-electron chi connectivity index (χ4n) is 2.44. The molecular formula is C21H22N2O4. The number of hydrogen-bond acceptors (Lipinski definition) is 5. The molecule has 0 aliphatic heterocycles. The number of para-hydroxylation sites is 1. The Morgan fingerprint density at radius 2 is 1.67 bits per heavy atom. The van der Waals surface area contributed by atoms with E-state index in [9.17, 15) is 4.79 Å². The van der Waals surface area contributed by atoms with Crippen LogP contribution in [-0.2, 0) is 16.1 Å². The lowest BCUT2D eigenvalue weighted by Crippen LogP contribution is -2.10. The Bertz CT molecular complexity index is 844. The van der Waals surface area contributed by atoms with E-state index in [0.29, 0.717) is 18.1 Å². The number of ether oxygens (including phenoxy) is 3. The van der Waals surface area contributed by atoms with Gasteiger partial charge in [0.05, 0.1) is 25.3 Å². The van der Waals surface area contributed by atoms with Crippen LogP contribution < -0.4 is 9.47 Å². The zero-order valence-corrected chi connectivity index (χ0v) is 15.2. The summed E-state index contributed by atoms with van der Waals surface area (Å²) in [6.07, 6.45) is 2.01. The summed E-state index contributed by atoms with van der Waals surface area (Å²) in [5.74, 6) is 1.15. The molecule has 6 nitrogen and oxygen atoms in total. The van der Waals surface area contributed by atoms with E-state index in [0.717, 1.165) is 11.4 Å². The van der Waals surface area contributed by atoms with Crippen LogP contribution >= 0.6 is 0 Å². The van der Waals surface area contributed by atoms with Gasteiger partial charge in [0.25, 0.3) is 0 Å². The monoisotopic (exact) mass is 366 g/mol. The highest BCUT2D eigenvalue weighted by Gasteiger charge is 2.07. The molecule has 1 aromatic heterocycles. The van der Waals surface area contributed by atoms with Gasteiger partial charge >= 0.3 is 5.97 Å². The van der Waals surface area contributed by atoms with Gasteiger partial charge in [-0.25, -0.2) is 4.68 Å². The molecular weight excluding hydrogens is 344 g/mol. The molecule has 0 saturated heterocycles. The van der Waals surface area contributed by atoms with E-state index in [-0.39, 0.29) is 25.6 Å². The first kappa shape index (κ1) is 18.5. The molecule has 0 radical (unpaired) electrons. The van der Waals surface area contributed by atoms with E-state index < -0.39 is 0 Å². The Morgan fingerprint density at radius 3 is 2.37 bits per heavy atom. The molecule has 2 aromatic carbocycles. The van der Waals surface area contributed by atoms with Crippen LogP contribution in [0.25, 0.3) is 5.69 Å². The maximum absolute atomic E-state index is 11.9. The van der Waals surface area contributed by atoms with Gasteiger partial charge in [0.1, 0.15) is 23.8 Å². The summed E-state index contributed by atoms with van der Waals surface area (Å²) in [4.78, 5) is 11.9. The molecule has 0 N–H and O–H groups in total. The molecule has 0 spiro atoms. The van der Waals surface area contributed by atoms with Crippen molar-refractivity contribution >= 4 is 5.97 Å². The Morgan fingerprint density at radius 1 is 0.963 bits per heavy atom. The standard InChI is InChI=1S/C21H22N2O4/c1-2-25-19-8-10-20(11-9-19)26-15-13-21(24)27-16-17-12-14-23(22-17)18-6-4-3-5-7-18/h3-12,14H,2,13,15-16H2,1H3. The minimum absolute atomic E-state index is 0.141. The van der Waals surface area contributed by atoms with Crippen molar-refractivity contribution in [1.29, 1.82) is 0 Å². The average molecular weight is 366 g/mol. The molecule has 0 aliphatic carbocycles. The lowest BCUT2D eigenvalue weighted by molar-refractivity contribution is -0.145. The maximum atomic E-state index is 11.9. The predicted molar refractivity (Wildman–Crippen MR) is 101 cm³/mol. The average Bonchev–Trinajstić information content (AvgIpc) is 3.18. The minimum atomic E-state index is -0.324. The molecule has 0 fully saturated rings. The van der Waals surface area contributed by atoms with Crippen molar-refractivity contribution in [2.45, 2.75) is 20.0 Å². The molecule has 6 heteroatoms. The predicted octanol–water partition coefficient (Wildman–Crippen LogP) is 3.78. The zero-order chi connectivity index (χ0) is 18.9. The van der Waals surface area contributed by atoms with Gasteiger partial charge in [-0.15, -0.1) is 0 Å². The highest BCUT2D eigenvalue weighted by atomic mass is 16.5. The van der Waals surface area contributed by atoms with Crippen molar-refractivity contribution in [2.75, 3.05) is 13.2 Å². The summed E-state index contributed by atoms with van der Waals surface area (Å²) in [6.45, 7) is 2.95. The van der Waals surface area contributed by atoms with Gasteiger partial charge in [-0.05, 0) is 49.4 Å².